The largest absolute Gasteiger partial charge is 0.370 e. The van der Waals surface area contributed by atoms with E-state index in [1.807, 2.05) is 26.1 Å². The fraction of sp³-hybridized carbons (Fsp3) is 0.400. The first-order valence-electron chi connectivity index (χ1n) is 6.73. The average Bonchev–Trinajstić information content (AvgIpc) is 2.43. The zero-order chi connectivity index (χ0) is 14.5. The molecule has 2 heterocycles. The highest BCUT2D eigenvalue weighted by Crippen LogP contribution is 2.22. The van der Waals surface area contributed by atoms with Gasteiger partial charge in [0.15, 0.2) is 5.16 Å². The van der Waals surface area contributed by atoms with Crippen LogP contribution in [0.1, 0.15) is 29.4 Å². The average molecular weight is 288 g/mol. The first kappa shape index (κ1) is 14.8. The second-order valence-electron chi connectivity index (χ2n) is 4.67. The molecule has 0 spiro atoms. The van der Waals surface area contributed by atoms with Gasteiger partial charge in [0.25, 0.3) is 0 Å². The van der Waals surface area contributed by atoms with E-state index in [9.17, 15) is 0 Å². The maximum atomic E-state index is 4.53. The predicted octanol–water partition coefficient (Wildman–Crippen LogP) is 3.52. The van der Waals surface area contributed by atoms with Gasteiger partial charge in [-0.05, 0) is 51.0 Å². The van der Waals surface area contributed by atoms with Crippen LogP contribution in [0, 0.1) is 20.8 Å². The summed E-state index contributed by atoms with van der Waals surface area (Å²) in [5, 5.41) is 4.06. The van der Waals surface area contributed by atoms with Crippen LogP contribution in [0.5, 0.6) is 0 Å². The van der Waals surface area contributed by atoms with Gasteiger partial charge in [0.1, 0.15) is 5.82 Å². The van der Waals surface area contributed by atoms with Gasteiger partial charge in [-0.25, -0.2) is 15.0 Å². The fourth-order valence-corrected chi connectivity index (χ4v) is 2.67. The van der Waals surface area contributed by atoms with Gasteiger partial charge in [0.2, 0.25) is 0 Å². The molecule has 5 heteroatoms. The molecule has 20 heavy (non-hydrogen) atoms. The molecule has 0 fully saturated rings. The molecule has 106 valence electrons. The Bertz CT molecular complexity index is 575. The van der Waals surface area contributed by atoms with Crippen LogP contribution in [-0.2, 0) is 5.75 Å². The molecule has 0 saturated heterocycles. The van der Waals surface area contributed by atoms with Gasteiger partial charge >= 0.3 is 0 Å². The topological polar surface area (TPSA) is 50.7 Å². The Kier molecular flexibility index (Phi) is 4.95. The number of aromatic nitrogens is 3. The molecule has 4 nitrogen and oxygen atoms in total. The number of hydrogen-bond acceptors (Lipinski definition) is 5. The van der Waals surface area contributed by atoms with Gasteiger partial charge < -0.3 is 5.32 Å². The molecule has 1 N–H and O–H groups in total. The summed E-state index contributed by atoms with van der Waals surface area (Å²) in [6, 6.07) is 4.10. The van der Waals surface area contributed by atoms with E-state index in [2.05, 4.69) is 40.2 Å². The normalized spacial score (nSPS) is 10.6. The van der Waals surface area contributed by atoms with E-state index in [1.54, 1.807) is 11.8 Å². The van der Waals surface area contributed by atoms with Crippen LogP contribution in [-0.4, -0.2) is 21.5 Å². The van der Waals surface area contributed by atoms with Crippen LogP contribution in [0.15, 0.2) is 23.5 Å². The van der Waals surface area contributed by atoms with Crippen LogP contribution < -0.4 is 5.32 Å². The van der Waals surface area contributed by atoms with Gasteiger partial charge in [-0.2, -0.15) is 0 Å². The van der Waals surface area contributed by atoms with Crippen molar-refractivity contribution in [2.45, 2.75) is 38.6 Å². The first-order chi connectivity index (χ1) is 9.60. The molecule has 0 radical (unpaired) electrons. The number of pyridine rings is 1. The van der Waals surface area contributed by atoms with Crippen LogP contribution in [0.2, 0.25) is 0 Å². The lowest BCUT2D eigenvalue weighted by atomic mass is 10.2. The summed E-state index contributed by atoms with van der Waals surface area (Å²) >= 11 is 1.66. The Morgan fingerprint density at radius 3 is 2.50 bits per heavy atom. The number of nitrogens with one attached hydrogen (secondary N) is 1. The Hall–Kier alpha value is -1.62. The van der Waals surface area contributed by atoms with Crippen molar-refractivity contribution in [3.8, 4) is 0 Å². The highest BCUT2D eigenvalue weighted by Gasteiger charge is 2.06. The van der Waals surface area contributed by atoms with E-state index in [4.69, 9.17) is 0 Å². The van der Waals surface area contributed by atoms with Crippen molar-refractivity contribution in [2.75, 3.05) is 11.9 Å². The third-order valence-electron chi connectivity index (χ3n) is 3.16. The fourth-order valence-electron chi connectivity index (χ4n) is 1.80. The van der Waals surface area contributed by atoms with E-state index < -0.39 is 0 Å². The van der Waals surface area contributed by atoms with Crippen molar-refractivity contribution < 1.29 is 0 Å². The zero-order valence-electron chi connectivity index (χ0n) is 12.4. The van der Waals surface area contributed by atoms with E-state index in [0.29, 0.717) is 0 Å². The van der Waals surface area contributed by atoms with Gasteiger partial charge in [0.05, 0.1) is 0 Å². The smallest absolute Gasteiger partial charge is 0.188 e. The van der Waals surface area contributed by atoms with Crippen molar-refractivity contribution in [2.24, 2.45) is 0 Å². The second kappa shape index (κ2) is 6.70. The standard InChI is InChI=1S/C15H20N4S/c1-5-16-14-8-13(6-7-17-14)9-20-15-18-11(3)10(2)12(4)19-15/h6-8H,5,9H2,1-4H3,(H,16,17). The molecule has 0 aliphatic heterocycles. The second-order valence-corrected chi connectivity index (χ2v) is 5.61. The first-order valence-corrected chi connectivity index (χ1v) is 7.72. The van der Waals surface area contributed by atoms with Crippen LogP contribution in [0.25, 0.3) is 0 Å². The minimum absolute atomic E-state index is 0.840. The third-order valence-corrected chi connectivity index (χ3v) is 4.08. The van der Waals surface area contributed by atoms with Crippen LogP contribution in [0.3, 0.4) is 0 Å². The molecule has 0 atom stereocenters. The highest BCUT2D eigenvalue weighted by molar-refractivity contribution is 7.98. The lowest BCUT2D eigenvalue weighted by Crippen LogP contribution is -2.00. The van der Waals surface area contributed by atoms with E-state index in [-0.39, 0.29) is 0 Å². The van der Waals surface area contributed by atoms with Crippen molar-refractivity contribution in [1.29, 1.82) is 0 Å². The van der Waals surface area contributed by atoms with Crippen molar-refractivity contribution in [1.82, 2.24) is 15.0 Å². The predicted molar refractivity (Wildman–Crippen MR) is 84.2 cm³/mol. The lowest BCUT2D eigenvalue weighted by molar-refractivity contribution is 0.880. The van der Waals surface area contributed by atoms with Crippen LogP contribution in [0.4, 0.5) is 5.82 Å². The molecule has 0 aromatic carbocycles. The van der Waals surface area contributed by atoms with E-state index in [1.165, 1.54) is 11.1 Å². The highest BCUT2D eigenvalue weighted by atomic mass is 32.2. The molecule has 0 aliphatic rings. The van der Waals surface area contributed by atoms with Gasteiger partial charge in [-0.3, -0.25) is 0 Å². The SMILES string of the molecule is CCNc1cc(CSc2nc(C)c(C)c(C)n2)ccn1. The van der Waals surface area contributed by atoms with E-state index in [0.717, 1.165) is 34.7 Å². The molecule has 2 aromatic heterocycles. The zero-order valence-corrected chi connectivity index (χ0v) is 13.2. The maximum absolute atomic E-state index is 4.53. The maximum Gasteiger partial charge on any atom is 0.188 e. The summed E-state index contributed by atoms with van der Waals surface area (Å²) in [4.78, 5) is 13.3. The summed E-state index contributed by atoms with van der Waals surface area (Å²) in [7, 11) is 0. The minimum atomic E-state index is 0.840. The molecule has 0 saturated carbocycles. The number of nitrogens with zero attached hydrogens (tertiary/aromatic N) is 3. The van der Waals surface area contributed by atoms with Gasteiger partial charge in [-0.15, -0.1) is 0 Å². The summed E-state index contributed by atoms with van der Waals surface area (Å²) in [5.74, 6) is 1.77. The molecule has 0 amide bonds. The van der Waals surface area contributed by atoms with Crippen molar-refractivity contribution in [3.63, 3.8) is 0 Å². The van der Waals surface area contributed by atoms with Crippen molar-refractivity contribution >= 4 is 17.6 Å². The van der Waals surface area contributed by atoms with E-state index >= 15 is 0 Å². The number of rotatable bonds is 5. The van der Waals surface area contributed by atoms with Gasteiger partial charge in [-0.1, -0.05) is 11.8 Å². The minimum Gasteiger partial charge on any atom is -0.370 e. The quantitative estimate of drug-likeness (QED) is 0.674. The number of anilines is 1. The number of aryl methyl sites for hydroxylation is 2. The molecular formula is C15H20N4S. The van der Waals surface area contributed by atoms with Gasteiger partial charge in [0, 0.05) is 29.9 Å². The number of hydrogen-bond donors (Lipinski definition) is 1. The Balaban J connectivity index is 2.07. The monoisotopic (exact) mass is 288 g/mol. The molecular weight excluding hydrogens is 268 g/mol. The van der Waals surface area contributed by atoms with Crippen molar-refractivity contribution in [3.05, 3.63) is 40.8 Å². The molecule has 0 aliphatic carbocycles. The summed E-state index contributed by atoms with van der Waals surface area (Å²) in [6.45, 7) is 9.07. The Morgan fingerprint density at radius 2 is 1.85 bits per heavy atom. The molecule has 2 aromatic rings. The Morgan fingerprint density at radius 1 is 1.15 bits per heavy atom. The summed E-state index contributed by atoms with van der Waals surface area (Å²) < 4.78 is 0. The van der Waals surface area contributed by atoms with Crippen LogP contribution >= 0.6 is 11.8 Å². The summed E-state index contributed by atoms with van der Waals surface area (Å²) in [6.07, 6.45) is 1.83. The molecule has 0 bridgehead atoms. The molecule has 0 unspecified atom stereocenters. The third kappa shape index (κ3) is 3.70. The Labute approximate surface area is 124 Å². The summed E-state index contributed by atoms with van der Waals surface area (Å²) in [5.41, 5.74) is 4.51. The molecule has 2 rings (SSSR count). The lowest BCUT2D eigenvalue weighted by Gasteiger charge is -2.07. The number of thioether (sulfide) groups is 1.